The lowest BCUT2D eigenvalue weighted by Crippen LogP contribution is -2.26. The fourth-order valence-electron chi connectivity index (χ4n) is 1.79. The third-order valence-electron chi connectivity index (χ3n) is 3.03. The highest BCUT2D eigenvalue weighted by Crippen LogP contribution is 2.18. The maximum Gasteiger partial charge on any atom is 0.220 e. The smallest absolute Gasteiger partial charge is 0.220 e. The van der Waals surface area contributed by atoms with Gasteiger partial charge in [0.2, 0.25) is 5.91 Å². The minimum atomic E-state index is -0.571. The van der Waals surface area contributed by atoms with E-state index in [1.807, 2.05) is 0 Å². The van der Waals surface area contributed by atoms with E-state index < -0.39 is 11.6 Å². The number of nitrogens with one attached hydrogen (secondary N) is 2. The molecular weight excluding hydrogens is 250 g/mol. The molecule has 0 atom stereocenters. The molecule has 1 aliphatic rings. The van der Waals surface area contributed by atoms with Crippen molar-refractivity contribution in [1.82, 2.24) is 10.6 Å². The predicted octanol–water partition coefficient (Wildman–Crippen LogP) is 2.11. The Morgan fingerprint density at radius 2 is 2.11 bits per heavy atom. The first kappa shape index (κ1) is 13.9. The van der Waals surface area contributed by atoms with Crippen molar-refractivity contribution in [3.63, 3.8) is 0 Å². The number of benzene rings is 1. The molecule has 1 fully saturated rings. The second kappa shape index (κ2) is 6.61. The highest BCUT2D eigenvalue weighted by atomic mass is 19.1. The summed E-state index contributed by atoms with van der Waals surface area (Å²) in [5.41, 5.74) is 0.434. The molecule has 1 amide bonds. The fourth-order valence-corrected chi connectivity index (χ4v) is 1.79. The van der Waals surface area contributed by atoms with Crippen LogP contribution in [0.1, 0.15) is 31.2 Å². The molecule has 1 saturated carbocycles. The number of amides is 1. The second-order valence-corrected chi connectivity index (χ2v) is 4.86. The lowest BCUT2D eigenvalue weighted by Gasteiger charge is -2.06. The maximum absolute atomic E-state index is 13.3. The first-order valence-electron chi connectivity index (χ1n) is 6.59. The second-order valence-electron chi connectivity index (χ2n) is 4.86. The Kier molecular flexibility index (Phi) is 4.85. The predicted molar refractivity (Wildman–Crippen MR) is 68.5 cm³/mol. The van der Waals surface area contributed by atoms with Gasteiger partial charge in [0.05, 0.1) is 0 Å². The number of carbonyl (C=O) groups excluding carboxylic acids is 1. The van der Waals surface area contributed by atoms with Gasteiger partial charge in [0.25, 0.3) is 0 Å². The molecule has 5 heteroatoms. The zero-order valence-electron chi connectivity index (χ0n) is 10.7. The van der Waals surface area contributed by atoms with Crippen molar-refractivity contribution >= 4 is 5.91 Å². The molecule has 0 saturated heterocycles. The summed E-state index contributed by atoms with van der Waals surface area (Å²) in [6, 6.07) is 3.94. The normalized spacial score (nSPS) is 14.4. The summed E-state index contributed by atoms with van der Waals surface area (Å²) in [4.78, 5) is 11.4. The minimum Gasteiger partial charge on any atom is -0.353 e. The summed E-state index contributed by atoms with van der Waals surface area (Å²) in [6.45, 7) is 0.977. The van der Waals surface area contributed by atoms with E-state index in [0.29, 0.717) is 37.5 Å². The maximum atomic E-state index is 13.3. The van der Waals surface area contributed by atoms with Crippen LogP contribution in [0.3, 0.4) is 0 Å². The third-order valence-corrected chi connectivity index (χ3v) is 3.03. The molecule has 2 N–H and O–H groups in total. The van der Waals surface area contributed by atoms with Crippen LogP contribution in [-0.4, -0.2) is 18.5 Å². The lowest BCUT2D eigenvalue weighted by molar-refractivity contribution is -0.121. The zero-order valence-corrected chi connectivity index (χ0v) is 10.7. The highest BCUT2D eigenvalue weighted by molar-refractivity contribution is 5.76. The Labute approximate surface area is 111 Å². The van der Waals surface area contributed by atoms with Crippen LogP contribution in [0, 0.1) is 11.6 Å². The molecule has 1 aliphatic carbocycles. The van der Waals surface area contributed by atoms with Gasteiger partial charge in [-0.1, -0.05) is 6.07 Å². The average Bonchev–Trinajstić information content (AvgIpc) is 3.15. The Morgan fingerprint density at radius 3 is 2.79 bits per heavy atom. The van der Waals surface area contributed by atoms with Gasteiger partial charge >= 0.3 is 0 Å². The zero-order chi connectivity index (χ0) is 13.7. The summed E-state index contributed by atoms with van der Waals surface area (Å²) >= 11 is 0. The molecule has 0 heterocycles. The number of hydrogen-bond donors (Lipinski definition) is 2. The van der Waals surface area contributed by atoms with Gasteiger partial charge < -0.3 is 10.6 Å². The molecule has 0 aromatic heterocycles. The molecule has 0 radical (unpaired) electrons. The van der Waals surface area contributed by atoms with Gasteiger partial charge in [-0.2, -0.15) is 0 Å². The van der Waals surface area contributed by atoms with Crippen molar-refractivity contribution in [3.05, 3.63) is 35.4 Å². The van der Waals surface area contributed by atoms with Crippen LogP contribution in [0.15, 0.2) is 18.2 Å². The van der Waals surface area contributed by atoms with Crippen LogP contribution < -0.4 is 10.6 Å². The summed E-state index contributed by atoms with van der Waals surface area (Å²) in [6.07, 6.45) is 3.37. The third kappa shape index (κ3) is 4.95. The molecule has 3 nitrogen and oxygen atoms in total. The van der Waals surface area contributed by atoms with E-state index in [1.54, 1.807) is 0 Å². The first-order valence-corrected chi connectivity index (χ1v) is 6.59. The standard InChI is InChI=1S/C14H18F2N2O/c15-11-4-3-10(13(16)8-11)9-17-7-1-2-14(19)18-12-5-6-12/h3-4,8,12,17H,1-2,5-7,9H2,(H,18,19). The minimum absolute atomic E-state index is 0.0808. The Hall–Kier alpha value is -1.49. The van der Waals surface area contributed by atoms with Crippen LogP contribution in [0.5, 0.6) is 0 Å². The highest BCUT2D eigenvalue weighted by Gasteiger charge is 2.22. The largest absolute Gasteiger partial charge is 0.353 e. The Balaban J connectivity index is 1.59. The van der Waals surface area contributed by atoms with Crippen molar-refractivity contribution in [1.29, 1.82) is 0 Å². The molecular formula is C14H18F2N2O. The van der Waals surface area contributed by atoms with Crippen molar-refractivity contribution in [2.75, 3.05) is 6.54 Å². The lowest BCUT2D eigenvalue weighted by atomic mass is 10.2. The van der Waals surface area contributed by atoms with E-state index in [4.69, 9.17) is 0 Å². The molecule has 19 heavy (non-hydrogen) atoms. The molecule has 0 unspecified atom stereocenters. The van der Waals surface area contributed by atoms with E-state index >= 15 is 0 Å². The van der Waals surface area contributed by atoms with Crippen LogP contribution >= 0.6 is 0 Å². The monoisotopic (exact) mass is 268 g/mol. The van der Waals surface area contributed by atoms with Gasteiger partial charge in [-0.25, -0.2) is 8.78 Å². The molecule has 2 rings (SSSR count). The summed E-state index contributed by atoms with van der Waals surface area (Å²) in [7, 11) is 0. The van der Waals surface area contributed by atoms with Crippen molar-refractivity contribution in [3.8, 4) is 0 Å². The van der Waals surface area contributed by atoms with Crippen LogP contribution in [0.25, 0.3) is 0 Å². The number of carbonyl (C=O) groups is 1. The fraction of sp³-hybridized carbons (Fsp3) is 0.500. The summed E-state index contributed by atoms with van der Waals surface area (Å²) < 4.78 is 26.0. The van der Waals surface area contributed by atoms with E-state index in [9.17, 15) is 13.6 Å². The Morgan fingerprint density at radius 1 is 1.32 bits per heavy atom. The average molecular weight is 268 g/mol. The van der Waals surface area contributed by atoms with Crippen LogP contribution in [0.4, 0.5) is 8.78 Å². The van der Waals surface area contributed by atoms with Crippen molar-refractivity contribution in [2.24, 2.45) is 0 Å². The quantitative estimate of drug-likeness (QED) is 0.744. The van der Waals surface area contributed by atoms with Crippen molar-refractivity contribution in [2.45, 2.75) is 38.3 Å². The number of halogens is 2. The summed E-state index contributed by atoms with van der Waals surface area (Å²) in [5.74, 6) is -1.03. The Bertz CT molecular complexity index is 447. The van der Waals surface area contributed by atoms with Gasteiger partial charge in [0.15, 0.2) is 0 Å². The number of hydrogen-bond acceptors (Lipinski definition) is 2. The van der Waals surface area contributed by atoms with E-state index in [-0.39, 0.29) is 5.91 Å². The van der Waals surface area contributed by atoms with Gasteiger partial charge in [-0.3, -0.25) is 4.79 Å². The molecule has 104 valence electrons. The first-order chi connectivity index (χ1) is 9.15. The molecule has 1 aromatic carbocycles. The molecule has 0 bridgehead atoms. The topological polar surface area (TPSA) is 41.1 Å². The molecule has 1 aromatic rings. The van der Waals surface area contributed by atoms with Gasteiger partial charge in [0, 0.05) is 30.6 Å². The molecule has 0 aliphatic heterocycles. The SMILES string of the molecule is O=C(CCCNCc1ccc(F)cc1F)NC1CC1. The summed E-state index contributed by atoms with van der Waals surface area (Å²) in [5, 5.41) is 5.95. The van der Waals surface area contributed by atoms with E-state index in [2.05, 4.69) is 10.6 Å². The van der Waals surface area contributed by atoms with Gasteiger partial charge in [-0.05, 0) is 31.9 Å². The number of rotatable bonds is 7. The van der Waals surface area contributed by atoms with Crippen LogP contribution in [0.2, 0.25) is 0 Å². The van der Waals surface area contributed by atoms with Gasteiger partial charge in [-0.15, -0.1) is 0 Å². The molecule has 0 spiro atoms. The van der Waals surface area contributed by atoms with Gasteiger partial charge in [0.1, 0.15) is 11.6 Å². The van der Waals surface area contributed by atoms with E-state index in [1.165, 1.54) is 12.1 Å². The van der Waals surface area contributed by atoms with Crippen molar-refractivity contribution < 1.29 is 13.6 Å². The van der Waals surface area contributed by atoms with Crippen LogP contribution in [-0.2, 0) is 11.3 Å². The van der Waals surface area contributed by atoms with E-state index in [0.717, 1.165) is 18.9 Å².